The molecule has 3 N–H and O–H groups in total. The molecule has 1 aromatic carbocycles. The summed E-state index contributed by atoms with van der Waals surface area (Å²) in [6, 6.07) is 9.82. The van der Waals surface area contributed by atoms with Crippen LogP contribution < -0.4 is 11.1 Å². The van der Waals surface area contributed by atoms with Gasteiger partial charge in [-0.05, 0) is 31.2 Å². The normalized spacial score (nSPS) is 18.2. The number of nitrogens with two attached hydrogens (primary N) is 1. The fraction of sp³-hybridized carbons (Fsp3) is 0.611. The van der Waals surface area contributed by atoms with Gasteiger partial charge in [0.05, 0.1) is 0 Å². The Morgan fingerprint density at radius 1 is 1.25 bits per heavy atom. The summed E-state index contributed by atoms with van der Waals surface area (Å²) in [6.07, 6.45) is 2.01. The van der Waals surface area contributed by atoms with Gasteiger partial charge in [-0.15, -0.1) is 24.8 Å². The summed E-state index contributed by atoms with van der Waals surface area (Å²) in [5.74, 6) is 0.609. The average Bonchev–Trinajstić information content (AvgIpc) is 2.49. The van der Waals surface area contributed by atoms with Crippen LogP contribution in [0.4, 0.5) is 0 Å². The topological polar surface area (TPSA) is 58.4 Å². The lowest BCUT2D eigenvalue weighted by atomic mass is 9.91. The van der Waals surface area contributed by atoms with Gasteiger partial charge in [0.25, 0.3) is 0 Å². The predicted molar refractivity (Wildman–Crippen MR) is 105 cm³/mol. The Hall–Kier alpha value is -0.810. The Bertz CT molecular complexity index is 486. The lowest BCUT2D eigenvalue weighted by Crippen LogP contribution is -2.54. The van der Waals surface area contributed by atoms with Crippen molar-refractivity contribution in [2.24, 2.45) is 11.7 Å². The van der Waals surface area contributed by atoms with Gasteiger partial charge in [-0.3, -0.25) is 4.79 Å². The van der Waals surface area contributed by atoms with E-state index in [4.69, 9.17) is 5.73 Å². The molecule has 0 aromatic heterocycles. The third kappa shape index (κ3) is 6.25. The zero-order valence-electron chi connectivity index (χ0n) is 14.8. The quantitative estimate of drug-likeness (QED) is 0.831. The molecule has 24 heavy (non-hydrogen) atoms. The molecule has 1 unspecified atom stereocenters. The molecule has 0 radical (unpaired) electrons. The van der Waals surface area contributed by atoms with Crippen LogP contribution in [0.25, 0.3) is 0 Å². The van der Waals surface area contributed by atoms with Crippen molar-refractivity contribution in [2.45, 2.75) is 45.2 Å². The Balaban J connectivity index is 0.00000264. The Labute approximate surface area is 158 Å². The molecule has 1 fully saturated rings. The molecule has 1 heterocycles. The maximum atomic E-state index is 12.5. The van der Waals surface area contributed by atoms with Crippen molar-refractivity contribution in [1.82, 2.24) is 10.2 Å². The van der Waals surface area contributed by atoms with Gasteiger partial charge in [0.1, 0.15) is 5.54 Å². The van der Waals surface area contributed by atoms with Gasteiger partial charge in [-0.2, -0.15) is 0 Å². The van der Waals surface area contributed by atoms with Crippen LogP contribution in [0.3, 0.4) is 0 Å². The Kier molecular flexibility index (Phi) is 9.90. The first-order valence-corrected chi connectivity index (χ1v) is 8.27. The molecular formula is C18H31Cl2N3O. The second-order valence-electron chi connectivity index (χ2n) is 7.01. The molecule has 0 spiro atoms. The molecule has 1 saturated heterocycles. The number of carbonyl (C=O) groups is 1. The van der Waals surface area contributed by atoms with Crippen molar-refractivity contribution in [2.75, 3.05) is 19.6 Å². The number of likely N-dealkylation sites (tertiary alicyclic amines) is 1. The van der Waals surface area contributed by atoms with Crippen LogP contribution in [0.1, 0.15) is 39.2 Å². The van der Waals surface area contributed by atoms with Crippen molar-refractivity contribution in [3.8, 4) is 0 Å². The lowest BCUT2D eigenvalue weighted by Gasteiger charge is -2.35. The molecule has 4 nitrogen and oxygen atoms in total. The Morgan fingerprint density at radius 3 is 2.29 bits per heavy atom. The molecule has 1 atom stereocenters. The third-order valence-electron chi connectivity index (χ3n) is 4.39. The minimum absolute atomic E-state index is 0. The zero-order valence-corrected chi connectivity index (χ0v) is 16.5. The number of amides is 1. The molecule has 138 valence electrons. The van der Waals surface area contributed by atoms with E-state index in [2.05, 4.69) is 24.1 Å². The first-order valence-electron chi connectivity index (χ1n) is 8.27. The van der Waals surface area contributed by atoms with E-state index < -0.39 is 5.54 Å². The van der Waals surface area contributed by atoms with E-state index in [0.717, 1.165) is 38.0 Å². The number of piperidine rings is 1. The maximum absolute atomic E-state index is 12.5. The molecule has 2 rings (SSSR count). The molecule has 0 aliphatic carbocycles. The van der Waals surface area contributed by atoms with Crippen molar-refractivity contribution < 1.29 is 4.79 Å². The van der Waals surface area contributed by atoms with Gasteiger partial charge < -0.3 is 16.0 Å². The van der Waals surface area contributed by atoms with Crippen molar-refractivity contribution in [3.05, 3.63) is 35.9 Å². The summed E-state index contributed by atoms with van der Waals surface area (Å²) < 4.78 is 0. The Morgan fingerprint density at radius 2 is 1.79 bits per heavy atom. The monoisotopic (exact) mass is 375 g/mol. The highest BCUT2D eigenvalue weighted by Gasteiger charge is 2.32. The highest BCUT2D eigenvalue weighted by Crippen LogP contribution is 2.19. The summed E-state index contributed by atoms with van der Waals surface area (Å²) in [6.45, 7) is 9.51. The molecule has 1 aliphatic heterocycles. The van der Waals surface area contributed by atoms with Crippen LogP contribution in [0.5, 0.6) is 0 Å². The van der Waals surface area contributed by atoms with E-state index in [0.29, 0.717) is 5.92 Å². The number of hydrogen-bond acceptors (Lipinski definition) is 3. The summed E-state index contributed by atoms with van der Waals surface area (Å²) >= 11 is 0. The van der Waals surface area contributed by atoms with E-state index in [1.54, 1.807) is 6.92 Å². The number of rotatable bonds is 5. The van der Waals surface area contributed by atoms with Gasteiger partial charge in [0.2, 0.25) is 5.91 Å². The van der Waals surface area contributed by atoms with Gasteiger partial charge in [-0.1, -0.05) is 44.2 Å². The van der Waals surface area contributed by atoms with Crippen LogP contribution in [0.15, 0.2) is 30.3 Å². The lowest BCUT2D eigenvalue weighted by molar-refractivity contribution is -0.127. The standard InChI is InChI=1S/C18H29N3O.2ClH/c1-14(2)13-21-11-9-16(10-12-21)20-17(22)18(3,19)15-7-5-4-6-8-15;;/h4-8,14,16H,9-13,19H2,1-3H3,(H,20,22);2*1H. The highest BCUT2D eigenvalue weighted by atomic mass is 35.5. The smallest absolute Gasteiger partial charge is 0.244 e. The molecule has 0 saturated carbocycles. The van der Waals surface area contributed by atoms with Gasteiger partial charge >= 0.3 is 0 Å². The van der Waals surface area contributed by atoms with E-state index in [1.807, 2.05) is 30.3 Å². The fourth-order valence-electron chi connectivity index (χ4n) is 3.03. The van der Waals surface area contributed by atoms with Crippen molar-refractivity contribution in [1.29, 1.82) is 0 Å². The van der Waals surface area contributed by atoms with Crippen LogP contribution in [0.2, 0.25) is 0 Å². The zero-order chi connectivity index (χ0) is 16.2. The van der Waals surface area contributed by atoms with Gasteiger partial charge in [-0.25, -0.2) is 0 Å². The first-order chi connectivity index (χ1) is 10.4. The molecule has 6 heteroatoms. The number of halogens is 2. The van der Waals surface area contributed by atoms with Crippen LogP contribution in [-0.2, 0) is 10.3 Å². The SMILES string of the molecule is CC(C)CN1CCC(NC(=O)C(C)(N)c2ccccc2)CC1.Cl.Cl. The van der Waals surface area contributed by atoms with Crippen molar-refractivity contribution >= 4 is 30.7 Å². The summed E-state index contributed by atoms with van der Waals surface area (Å²) in [4.78, 5) is 15.0. The second kappa shape index (κ2) is 10.2. The van der Waals surface area contributed by atoms with E-state index in [9.17, 15) is 4.79 Å². The first kappa shape index (κ1) is 23.2. The van der Waals surface area contributed by atoms with E-state index in [-0.39, 0.29) is 36.8 Å². The highest BCUT2D eigenvalue weighted by molar-refractivity contribution is 5.87. The van der Waals surface area contributed by atoms with Crippen LogP contribution >= 0.6 is 24.8 Å². The number of benzene rings is 1. The van der Waals surface area contributed by atoms with E-state index >= 15 is 0 Å². The average molecular weight is 376 g/mol. The number of nitrogens with one attached hydrogen (secondary N) is 1. The molecule has 1 amide bonds. The maximum Gasteiger partial charge on any atom is 0.244 e. The van der Waals surface area contributed by atoms with E-state index in [1.165, 1.54) is 0 Å². The molecule has 0 bridgehead atoms. The predicted octanol–water partition coefficient (Wildman–Crippen LogP) is 2.94. The summed E-state index contributed by atoms with van der Waals surface area (Å²) in [7, 11) is 0. The number of hydrogen-bond donors (Lipinski definition) is 2. The summed E-state index contributed by atoms with van der Waals surface area (Å²) in [5, 5.41) is 3.14. The number of carbonyl (C=O) groups excluding carboxylic acids is 1. The minimum Gasteiger partial charge on any atom is -0.351 e. The van der Waals surface area contributed by atoms with Gasteiger partial charge in [0, 0.05) is 25.7 Å². The fourth-order valence-corrected chi connectivity index (χ4v) is 3.03. The van der Waals surface area contributed by atoms with Crippen molar-refractivity contribution in [3.63, 3.8) is 0 Å². The third-order valence-corrected chi connectivity index (χ3v) is 4.39. The van der Waals surface area contributed by atoms with Crippen LogP contribution in [0, 0.1) is 5.92 Å². The van der Waals surface area contributed by atoms with Crippen LogP contribution in [-0.4, -0.2) is 36.5 Å². The van der Waals surface area contributed by atoms with Gasteiger partial charge in [0.15, 0.2) is 0 Å². The summed E-state index contributed by atoms with van der Waals surface area (Å²) in [5.41, 5.74) is 6.15. The second-order valence-corrected chi connectivity index (χ2v) is 7.01. The molecular weight excluding hydrogens is 345 g/mol. The number of nitrogens with zero attached hydrogens (tertiary/aromatic N) is 1. The molecule has 1 aliphatic rings. The molecule has 1 aromatic rings. The largest absolute Gasteiger partial charge is 0.351 e. The minimum atomic E-state index is -0.976.